The molecule has 1 atom stereocenters. The summed E-state index contributed by atoms with van der Waals surface area (Å²) < 4.78 is 0. The Labute approximate surface area is 121 Å². The fourth-order valence-electron chi connectivity index (χ4n) is 2.89. The first-order chi connectivity index (χ1) is 9.65. The Hall–Kier alpha value is -1.35. The van der Waals surface area contributed by atoms with Crippen molar-refractivity contribution in [3.63, 3.8) is 0 Å². The quantitative estimate of drug-likeness (QED) is 0.830. The lowest BCUT2D eigenvalue weighted by molar-refractivity contribution is -0.137. The van der Waals surface area contributed by atoms with Crippen LogP contribution in [0.4, 0.5) is 0 Å². The number of hydrogen-bond donors (Lipinski definition) is 1. The lowest BCUT2D eigenvalue weighted by Crippen LogP contribution is -2.32. The molecular formula is C17H25NO2. The number of hydrogen-bond acceptors (Lipinski definition) is 2. The van der Waals surface area contributed by atoms with Gasteiger partial charge in [-0.3, -0.25) is 9.69 Å². The third-order valence-corrected chi connectivity index (χ3v) is 4.24. The van der Waals surface area contributed by atoms with E-state index in [0.717, 1.165) is 38.9 Å². The minimum absolute atomic E-state index is 0.307. The van der Waals surface area contributed by atoms with Crippen LogP contribution in [0.2, 0.25) is 0 Å². The van der Waals surface area contributed by atoms with Crippen molar-refractivity contribution >= 4 is 5.97 Å². The fraction of sp³-hybridized carbons (Fsp3) is 0.588. The van der Waals surface area contributed by atoms with E-state index in [0.29, 0.717) is 12.3 Å². The minimum atomic E-state index is -0.676. The molecule has 0 fully saturated rings. The molecule has 1 N–H and O–H groups in total. The highest BCUT2D eigenvalue weighted by Crippen LogP contribution is 2.20. The number of benzene rings is 1. The van der Waals surface area contributed by atoms with Crippen molar-refractivity contribution in [1.29, 1.82) is 0 Å². The largest absolute Gasteiger partial charge is 0.481 e. The van der Waals surface area contributed by atoms with Gasteiger partial charge in [-0.25, -0.2) is 0 Å². The van der Waals surface area contributed by atoms with Gasteiger partial charge in [0.2, 0.25) is 0 Å². The van der Waals surface area contributed by atoms with Gasteiger partial charge in [0.05, 0.1) is 0 Å². The molecule has 0 aliphatic carbocycles. The number of fused-ring (bicyclic) bond motifs is 1. The SMILES string of the molecule is CC(CCCC(=O)O)CCN1CCc2ccccc2C1. The van der Waals surface area contributed by atoms with Gasteiger partial charge < -0.3 is 5.11 Å². The predicted molar refractivity (Wildman–Crippen MR) is 80.7 cm³/mol. The highest BCUT2D eigenvalue weighted by Gasteiger charge is 2.16. The highest BCUT2D eigenvalue weighted by molar-refractivity contribution is 5.66. The number of nitrogens with zero attached hydrogens (tertiary/aromatic N) is 1. The zero-order valence-corrected chi connectivity index (χ0v) is 12.3. The van der Waals surface area contributed by atoms with Crippen molar-refractivity contribution in [3.8, 4) is 0 Å². The van der Waals surface area contributed by atoms with Crippen LogP contribution >= 0.6 is 0 Å². The van der Waals surface area contributed by atoms with Crippen molar-refractivity contribution in [2.75, 3.05) is 13.1 Å². The molecule has 20 heavy (non-hydrogen) atoms. The van der Waals surface area contributed by atoms with Gasteiger partial charge in [0.1, 0.15) is 0 Å². The maximum Gasteiger partial charge on any atom is 0.303 e. The van der Waals surface area contributed by atoms with Gasteiger partial charge >= 0.3 is 5.97 Å². The minimum Gasteiger partial charge on any atom is -0.481 e. The van der Waals surface area contributed by atoms with E-state index in [1.165, 1.54) is 17.5 Å². The van der Waals surface area contributed by atoms with Gasteiger partial charge in [-0.15, -0.1) is 0 Å². The Bertz CT molecular complexity index is 444. The lowest BCUT2D eigenvalue weighted by Gasteiger charge is -2.29. The Morgan fingerprint density at radius 1 is 1.30 bits per heavy atom. The van der Waals surface area contributed by atoms with Gasteiger partial charge in [-0.1, -0.05) is 37.6 Å². The van der Waals surface area contributed by atoms with Gasteiger partial charge in [-0.05, 0) is 42.9 Å². The van der Waals surface area contributed by atoms with Gasteiger partial charge in [0.15, 0.2) is 0 Å². The normalized spacial score (nSPS) is 16.6. The topological polar surface area (TPSA) is 40.5 Å². The van der Waals surface area contributed by atoms with Crippen LogP contribution in [0.5, 0.6) is 0 Å². The summed E-state index contributed by atoms with van der Waals surface area (Å²) in [6.45, 7) is 5.58. The molecule has 0 spiro atoms. The second-order valence-corrected chi connectivity index (χ2v) is 5.97. The summed E-state index contributed by atoms with van der Waals surface area (Å²) in [7, 11) is 0. The molecule has 0 amide bonds. The molecule has 1 aromatic rings. The Morgan fingerprint density at radius 3 is 2.80 bits per heavy atom. The van der Waals surface area contributed by atoms with E-state index in [4.69, 9.17) is 5.11 Å². The molecule has 1 aliphatic rings. The van der Waals surface area contributed by atoms with Crippen LogP contribution in [0, 0.1) is 5.92 Å². The number of carbonyl (C=O) groups is 1. The molecule has 1 unspecified atom stereocenters. The Balaban J connectivity index is 1.69. The third-order valence-electron chi connectivity index (χ3n) is 4.24. The van der Waals surface area contributed by atoms with Gasteiger partial charge in [-0.2, -0.15) is 0 Å². The van der Waals surface area contributed by atoms with Crippen LogP contribution in [0.15, 0.2) is 24.3 Å². The molecule has 1 aromatic carbocycles. The van der Waals surface area contributed by atoms with Crippen LogP contribution in [-0.2, 0) is 17.8 Å². The van der Waals surface area contributed by atoms with Gasteiger partial charge in [0.25, 0.3) is 0 Å². The Kier molecular flexibility index (Phi) is 5.60. The summed E-state index contributed by atoms with van der Waals surface area (Å²) in [5.41, 5.74) is 2.97. The van der Waals surface area contributed by atoms with Gasteiger partial charge in [0, 0.05) is 19.5 Å². The van der Waals surface area contributed by atoms with Crippen LogP contribution in [0.1, 0.15) is 43.7 Å². The zero-order valence-electron chi connectivity index (χ0n) is 12.3. The van der Waals surface area contributed by atoms with Crippen molar-refractivity contribution in [2.24, 2.45) is 5.92 Å². The van der Waals surface area contributed by atoms with Crippen LogP contribution in [0.3, 0.4) is 0 Å². The molecular weight excluding hydrogens is 250 g/mol. The van der Waals surface area contributed by atoms with E-state index >= 15 is 0 Å². The van der Waals surface area contributed by atoms with E-state index in [2.05, 4.69) is 36.1 Å². The molecule has 1 heterocycles. The average Bonchev–Trinajstić information content (AvgIpc) is 2.44. The monoisotopic (exact) mass is 275 g/mol. The molecule has 1 aliphatic heterocycles. The molecule has 2 rings (SSSR count). The molecule has 0 saturated heterocycles. The first kappa shape index (κ1) is 15.0. The summed E-state index contributed by atoms with van der Waals surface area (Å²) in [6, 6.07) is 8.72. The highest BCUT2D eigenvalue weighted by atomic mass is 16.4. The molecule has 3 heteroatoms. The zero-order chi connectivity index (χ0) is 14.4. The molecule has 0 radical (unpaired) electrons. The molecule has 110 valence electrons. The number of aliphatic carboxylic acids is 1. The van der Waals surface area contributed by atoms with Crippen LogP contribution in [-0.4, -0.2) is 29.1 Å². The van der Waals surface area contributed by atoms with Crippen molar-refractivity contribution < 1.29 is 9.90 Å². The standard InChI is InChI=1S/C17H25NO2/c1-14(5-4-8-17(19)20)9-11-18-12-10-15-6-2-3-7-16(15)13-18/h2-3,6-7,14H,4-5,8-13H2,1H3,(H,19,20). The second-order valence-electron chi connectivity index (χ2n) is 5.97. The number of carboxylic acids is 1. The lowest BCUT2D eigenvalue weighted by atomic mass is 9.97. The first-order valence-corrected chi connectivity index (χ1v) is 7.66. The van der Waals surface area contributed by atoms with Crippen LogP contribution < -0.4 is 0 Å². The summed E-state index contributed by atoms with van der Waals surface area (Å²) in [4.78, 5) is 13.0. The summed E-state index contributed by atoms with van der Waals surface area (Å²) in [6.07, 6.45) is 4.46. The third kappa shape index (κ3) is 4.64. The average molecular weight is 275 g/mol. The fourth-order valence-corrected chi connectivity index (χ4v) is 2.89. The number of rotatable bonds is 7. The van der Waals surface area contributed by atoms with E-state index in [-0.39, 0.29) is 0 Å². The maximum absolute atomic E-state index is 10.5. The smallest absolute Gasteiger partial charge is 0.303 e. The van der Waals surface area contributed by atoms with Crippen molar-refractivity contribution in [1.82, 2.24) is 4.90 Å². The summed E-state index contributed by atoms with van der Waals surface area (Å²) >= 11 is 0. The molecule has 0 aromatic heterocycles. The number of carboxylic acid groups (broad SMARTS) is 1. The predicted octanol–water partition coefficient (Wildman–Crippen LogP) is 3.33. The van der Waals surface area contributed by atoms with Crippen molar-refractivity contribution in [3.05, 3.63) is 35.4 Å². The Morgan fingerprint density at radius 2 is 2.05 bits per heavy atom. The summed E-state index contributed by atoms with van der Waals surface area (Å²) in [5, 5.41) is 8.64. The van der Waals surface area contributed by atoms with E-state index < -0.39 is 5.97 Å². The molecule has 0 saturated carbocycles. The maximum atomic E-state index is 10.5. The first-order valence-electron chi connectivity index (χ1n) is 7.66. The van der Waals surface area contributed by atoms with Crippen molar-refractivity contribution in [2.45, 2.75) is 45.6 Å². The summed E-state index contributed by atoms with van der Waals surface area (Å²) in [5.74, 6) is -0.0589. The molecule has 3 nitrogen and oxygen atoms in total. The van der Waals surface area contributed by atoms with Crippen LogP contribution in [0.25, 0.3) is 0 Å². The van der Waals surface area contributed by atoms with E-state index in [1.54, 1.807) is 0 Å². The van der Waals surface area contributed by atoms with E-state index in [9.17, 15) is 4.79 Å². The molecule has 0 bridgehead atoms. The van der Waals surface area contributed by atoms with E-state index in [1.807, 2.05) is 0 Å². The second kappa shape index (κ2) is 7.44.